The molecule has 3 unspecified atom stereocenters. The standard InChI is InChI=1S/C15H28N2O/c1-5-9-17(6-2)11-15(16)12-8-7-10-18-13(12)14(15,3)4/h5,12-13H,1,6-11,16H2,2-4H3. The van der Waals surface area contributed by atoms with Gasteiger partial charge in [0.25, 0.3) is 0 Å². The molecule has 2 rings (SSSR count). The van der Waals surface area contributed by atoms with E-state index in [2.05, 4.69) is 32.3 Å². The maximum atomic E-state index is 6.79. The first-order valence-electron chi connectivity index (χ1n) is 7.21. The van der Waals surface area contributed by atoms with E-state index in [9.17, 15) is 0 Å². The summed E-state index contributed by atoms with van der Waals surface area (Å²) in [7, 11) is 0. The molecule has 2 aliphatic rings. The number of ether oxygens (including phenoxy) is 1. The largest absolute Gasteiger partial charge is 0.377 e. The zero-order chi connectivity index (χ0) is 13.4. The molecule has 0 aromatic rings. The van der Waals surface area contributed by atoms with Crippen molar-refractivity contribution in [1.82, 2.24) is 4.90 Å². The molecule has 2 N–H and O–H groups in total. The summed E-state index contributed by atoms with van der Waals surface area (Å²) in [4.78, 5) is 2.39. The van der Waals surface area contributed by atoms with E-state index < -0.39 is 0 Å². The van der Waals surface area contributed by atoms with Crippen molar-refractivity contribution in [3.8, 4) is 0 Å². The molecule has 3 nitrogen and oxygen atoms in total. The molecule has 1 aliphatic heterocycles. The van der Waals surface area contributed by atoms with Crippen LogP contribution in [0.3, 0.4) is 0 Å². The highest BCUT2D eigenvalue weighted by atomic mass is 16.5. The summed E-state index contributed by atoms with van der Waals surface area (Å²) < 4.78 is 5.94. The molecule has 3 atom stereocenters. The van der Waals surface area contributed by atoms with E-state index in [1.165, 1.54) is 6.42 Å². The molecular weight excluding hydrogens is 224 g/mol. The van der Waals surface area contributed by atoms with Gasteiger partial charge < -0.3 is 10.5 Å². The highest BCUT2D eigenvalue weighted by molar-refractivity contribution is 5.20. The Hall–Kier alpha value is -0.380. The molecule has 104 valence electrons. The molecule has 2 fully saturated rings. The third-order valence-corrected chi connectivity index (χ3v) is 5.21. The van der Waals surface area contributed by atoms with Crippen molar-refractivity contribution in [3.63, 3.8) is 0 Å². The first kappa shape index (κ1) is 14.0. The first-order chi connectivity index (χ1) is 8.47. The topological polar surface area (TPSA) is 38.5 Å². The fourth-order valence-corrected chi connectivity index (χ4v) is 3.85. The van der Waals surface area contributed by atoms with Gasteiger partial charge in [0, 0.05) is 36.6 Å². The molecule has 0 amide bonds. The number of nitrogens with zero attached hydrogens (tertiary/aromatic N) is 1. The van der Waals surface area contributed by atoms with Crippen LogP contribution in [0.4, 0.5) is 0 Å². The van der Waals surface area contributed by atoms with E-state index in [0.29, 0.717) is 12.0 Å². The lowest BCUT2D eigenvalue weighted by molar-refractivity contribution is -0.231. The lowest BCUT2D eigenvalue weighted by Crippen LogP contribution is -2.80. The average Bonchev–Trinajstić information content (AvgIpc) is 2.38. The summed E-state index contributed by atoms with van der Waals surface area (Å²) in [5, 5.41) is 0. The normalized spacial score (nSPS) is 38.1. The second-order valence-corrected chi connectivity index (χ2v) is 6.42. The summed E-state index contributed by atoms with van der Waals surface area (Å²) >= 11 is 0. The van der Waals surface area contributed by atoms with Crippen LogP contribution in [-0.4, -0.2) is 42.8 Å². The molecule has 18 heavy (non-hydrogen) atoms. The van der Waals surface area contributed by atoms with Crippen LogP contribution in [0, 0.1) is 11.3 Å². The number of nitrogens with two attached hydrogens (primary N) is 1. The van der Waals surface area contributed by atoms with Crippen molar-refractivity contribution in [2.24, 2.45) is 17.1 Å². The Morgan fingerprint density at radius 3 is 2.83 bits per heavy atom. The Morgan fingerprint density at radius 2 is 2.22 bits per heavy atom. The van der Waals surface area contributed by atoms with E-state index in [0.717, 1.165) is 32.7 Å². The van der Waals surface area contributed by atoms with Crippen LogP contribution in [0.1, 0.15) is 33.6 Å². The highest BCUT2D eigenvalue weighted by Gasteiger charge is 2.66. The number of likely N-dealkylation sites (N-methyl/N-ethyl adjacent to an activating group) is 1. The van der Waals surface area contributed by atoms with Crippen molar-refractivity contribution in [2.75, 3.05) is 26.2 Å². The Bertz CT molecular complexity index is 316. The van der Waals surface area contributed by atoms with Gasteiger partial charge in [-0.25, -0.2) is 0 Å². The Kier molecular flexibility index (Phi) is 3.86. The third-order valence-electron chi connectivity index (χ3n) is 5.21. The summed E-state index contributed by atoms with van der Waals surface area (Å²) in [5.74, 6) is 0.528. The summed E-state index contributed by atoms with van der Waals surface area (Å²) in [5.41, 5.74) is 6.75. The molecule has 0 aromatic heterocycles. The van der Waals surface area contributed by atoms with Crippen LogP contribution in [0.15, 0.2) is 12.7 Å². The monoisotopic (exact) mass is 252 g/mol. The lowest BCUT2D eigenvalue weighted by atomic mass is 9.46. The van der Waals surface area contributed by atoms with Gasteiger partial charge in [-0.15, -0.1) is 6.58 Å². The van der Waals surface area contributed by atoms with E-state index >= 15 is 0 Å². The number of hydrogen-bond acceptors (Lipinski definition) is 3. The average molecular weight is 252 g/mol. The minimum absolute atomic E-state index is 0.0761. The van der Waals surface area contributed by atoms with Gasteiger partial charge in [-0.05, 0) is 19.4 Å². The lowest BCUT2D eigenvalue weighted by Gasteiger charge is -2.67. The van der Waals surface area contributed by atoms with Gasteiger partial charge in [0.15, 0.2) is 0 Å². The van der Waals surface area contributed by atoms with Crippen molar-refractivity contribution >= 4 is 0 Å². The van der Waals surface area contributed by atoms with Crippen molar-refractivity contribution in [3.05, 3.63) is 12.7 Å². The van der Waals surface area contributed by atoms with Gasteiger partial charge >= 0.3 is 0 Å². The van der Waals surface area contributed by atoms with Crippen LogP contribution in [0.2, 0.25) is 0 Å². The summed E-state index contributed by atoms with van der Waals surface area (Å²) in [6, 6.07) is 0. The zero-order valence-electron chi connectivity index (χ0n) is 12.1. The first-order valence-corrected chi connectivity index (χ1v) is 7.21. The zero-order valence-corrected chi connectivity index (χ0v) is 12.1. The molecule has 0 radical (unpaired) electrons. The van der Waals surface area contributed by atoms with E-state index in [1.54, 1.807) is 0 Å². The van der Waals surface area contributed by atoms with E-state index in [4.69, 9.17) is 10.5 Å². The molecule has 3 heteroatoms. The third kappa shape index (κ3) is 1.93. The molecule has 1 aliphatic carbocycles. The van der Waals surface area contributed by atoms with E-state index in [-0.39, 0.29) is 11.0 Å². The Morgan fingerprint density at radius 1 is 1.50 bits per heavy atom. The molecule has 1 saturated carbocycles. The number of fused-ring (bicyclic) bond motifs is 1. The van der Waals surface area contributed by atoms with Gasteiger partial charge in [-0.2, -0.15) is 0 Å². The van der Waals surface area contributed by atoms with Crippen LogP contribution >= 0.6 is 0 Å². The van der Waals surface area contributed by atoms with Gasteiger partial charge in [0.05, 0.1) is 6.10 Å². The predicted octanol–water partition coefficient (Wildman–Crippen LogP) is 2.03. The predicted molar refractivity (Wildman–Crippen MR) is 75.5 cm³/mol. The maximum absolute atomic E-state index is 6.79. The fourth-order valence-electron chi connectivity index (χ4n) is 3.85. The Labute approximate surface area is 111 Å². The second kappa shape index (κ2) is 4.95. The molecule has 0 spiro atoms. The van der Waals surface area contributed by atoms with Crippen LogP contribution < -0.4 is 5.73 Å². The van der Waals surface area contributed by atoms with E-state index in [1.807, 2.05) is 6.08 Å². The number of rotatable bonds is 5. The quantitative estimate of drug-likeness (QED) is 0.761. The minimum atomic E-state index is -0.114. The van der Waals surface area contributed by atoms with Crippen molar-refractivity contribution in [1.29, 1.82) is 0 Å². The highest BCUT2D eigenvalue weighted by Crippen LogP contribution is 2.57. The summed E-state index contributed by atoms with van der Waals surface area (Å²) in [6.07, 6.45) is 4.70. The summed E-state index contributed by atoms with van der Waals surface area (Å²) in [6.45, 7) is 14.4. The number of hydrogen-bond donors (Lipinski definition) is 1. The van der Waals surface area contributed by atoms with Crippen LogP contribution in [0.25, 0.3) is 0 Å². The minimum Gasteiger partial charge on any atom is -0.377 e. The van der Waals surface area contributed by atoms with Crippen LogP contribution in [0.5, 0.6) is 0 Å². The molecule has 0 bridgehead atoms. The maximum Gasteiger partial charge on any atom is 0.0690 e. The second-order valence-electron chi connectivity index (χ2n) is 6.42. The van der Waals surface area contributed by atoms with Gasteiger partial charge in [-0.1, -0.05) is 26.8 Å². The Balaban J connectivity index is 2.11. The smallest absolute Gasteiger partial charge is 0.0690 e. The van der Waals surface area contributed by atoms with Gasteiger partial charge in [0.1, 0.15) is 0 Å². The van der Waals surface area contributed by atoms with Crippen molar-refractivity contribution < 1.29 is 4.74 Å². The molecule has 1 heterocycles. The molecule has 0 aromatic carbocycles. The molecule has 1 saturated heterocycles. The SMILES string of the molecule is C=CCN(CC)CC1(N)C2CCCOC2C1(C)C. The van der Waals surface area contributed by atoms with Crippen LogP contribution in [-0.2, 0) is 4.74 Å². The fraction of sp³-hybridized carbons (Fsp3) is 0.867. The van der Waals surface area contributed by atoms with Gasteiger partial charge in [-0.3, -0.25) is 4.90 Å². The van der Waals surface area contributed by atoms with Gasteiger partial charge in [0.2, 0.25) is 0 Å². The van der Waals surface area contributed by atoms with Crippen molar-refractivity contribution in [2.45, 2.75) is 45.3 Å². The molecular formula is C15H28N2O.